The second-order valence-corrected chi connectivity index (χ2v) is 6.73. The molecule has 0 bridgehead atoms. The van der Waals surface area contributed by atoms with Gasteiger partial charge in [-0.15, -0.1) is 0 Å². The lowest BCUT2D eigenvalue weighted by Crippen LogP contribution is -2.39. The summed E-state index contributed by atoms with van der Waals surface area (Å²) in [4.78, 5) is 2.55. The third kappa shape index (κ3) is 5.05. The molecule has 0 saturated heterocycles. The Morgan fingerprint density at radius 2 is 1.79 bits per heavy atom. The minimum Gasteiger partial charge on any atom is -0.389 e. The summed E-state index contributed by atoms with van der Waals surface area (Å²) in [5.74, 6) is 0. The molecule has 2 fully saturated rings. The van der Waals surface area contributed by atoms with Gasteiger partial charge in [0.15, 0.2) is 0 Å². The Morgan fingerprint density at radius 3 is 2.47 bits per heavy atom. The molecule has 0 aromatic carbocycles. The molecule has 0 unspecified atom stereocenters. The van der Waals surface area contributed by atoms with Gasteiger partial charge in [-0.3, -0.25) is 0 Å². The number of rotatable bonds is 7. The van der Waals surface area contributed by atoms with E-state index in [1.165, 1.54) is 57.9 Å². The van der Waals surface area contributed by atoms with Gasteiger partial charge in [-0.2, -0.15) is 0 Å². The van der Waals surface area contributed by atoms with Crippen LogP contribution < -0.4 is 5.32 Å². The second kappa shape index (κ2) is 7.61. The van der Waals surface area contributed by atoms with Crippen LogP contribution in [0.2, 0.25) is 0 Å². The number of hydrogen-bond acceptors (Lipinski definition) is 3. The molecule has 0 spiro atoms. The molecule has 0 aliphatic heterocycles. The number of nitrogens with zero attached hydrogens (tertiary/aromatic N) is 1. The Bertz CT molecular complexity index is 245. The molecule has 0 radical (unpaired) electrons. The Morgan fingerprint density at radius 1 is 1.11 bits per heavy atom. The molecule has 2 aliphatic rings. The summed E-state index contributed by atoms with van der Waals surface area (Å²) in [5.41, 5.74) is -0.394. The minimum absolute atomic E-state index is 0.394. The maximum Gasteiger partial charge on any atom is 0.0771 e. The zero-order valence-corrected chi connectivity index (χ0v) is 12.7. The average molecular weight is 268 g/mol. The summed E-state index contributed by atoms with van der Waals surface area (Å²) < 4.78 is 0. The third-order valence-corrected chi connectivity index (χ3v) is 5.05. The third-order valence-electron chi connectivity index (χ3n) is 5.05. The van der Waals surface area contributed by atoms with E-state index in [1.807, 2.05) is 0 Å². The Hall–Kier alpha value is -0.120. The largest absolute Gasteiger partial charge is 0.389 e. The molecule has 0 amide bonds. The van der Waals surface area contributed by atoms with E-state index in [0.29, 0.717) is 0 Å². The normalized spacial score (nSPS) is 24.2. The van der Waals surface area contributed by atoms with Crippen molar-refractivity contribution in [3.8, 4) is 0 Å². The first-order valence-corrected chi connectivity index (χ1v) is 8.33. The molecule has 3 heteroatoms. The van der Waals surface area contributed by atoms with Gasteiger partial charge in [0.1, 0.15) is 0 Å². The van der Waals surface area contributed by atoms with Crippen molar-refractivity contribution in [1.29, 1.82) is 0 Å². The van der Waals surface area contributed by atoms with Gasteiger partial charge in [0.05, 0.1) is 5.60 Å². The highest BCUT2D eigenvalue weighted by Gasteiger charge is 2.30. The number of aliphatic hydroxyl groups is 1. The van der Waals surface area contributed by atoms with Crippen LogP contribution in [-0.4, -0.2) is 48.3 Å². The van der Waals surface area contributed by atoms with Gasteiger partial charge in [0, 0.05) is 12.6 Å². The topological polar surface area (TPSA) is 35.5 Å². The van der Waals surface area contributed by atoms with Crippen LogP contribution in [0.4, 0.5) is 0 Å². The molecule has 2 rings (SSSR count). The Kier molecular flexibility index (Phi) is 6.11. The van der Waals surface area contributed by atoms with Crippen molar-refractivity contribution in [2.24, 2.45) is 0 Å². The first-order valence-electron chi connectivity index (χ1n) is 8.33. The van der Waals surface area contributed by atoms with Gasteiger partial charge in [0.2, 0.25) is 0 Å². The second-order valence-electron chi connectivity index (χ2n) is 6.73. The fraction of sp³-hybridized carbons (Fsp3) is 1.00. The van der Waals surface area contributed by atoms with E-state index in [1.54, 1.807) is 0 Å². The molecule has 0 aromatic heterocycles. The number of hydrogen-bond donors (Lipinski definition) is 2. The first kappa shape index (κ1) is 15.3. The van der Waals surface area contributed by atoms with Crippen molar-refractivity contribution in [2.45, 2.75) is 75.9 Å². The van der Waals surface area contributed by atoms with Crippen LogP contribution in [0, 0.1) is 0 Å². The monoisotopic (exact) mass is 268 g/mol. The first-order chi connectivity index (χ1) is 9.20. The molecule has 0 atom stereocenters. The SMILES string of the molecule is CN(CCCNCC1(O)CCCC1)C1CCCCC1. The number of nitrogens with one attached hydrogen (secondary N) is 1. The lowest BCUT2D eigenvalue weighted by molar-refractivity contribution is 0.0476. The van der Waals surface area contributed by atoms with Gasteiger partial charge in [-0.25, -0.2) is 0 Å². The predicted molar refractivity (Wildman–Crippen MR) is 80.4 cm³/mol. The maximum absolute atomic E-state index is 10.2. The van der Waals surface area contributed by atoms with Crippen LogP contribution in [0.3, 0.4) is 0 Å². The van der Waals surface area contributed by atoms with Crippen molar-refractivity contribution >= 4 is 0 Å². The summed E-state index contributed by atoms with van der Waals surface area (Å²) in [6, 6.07) is 0.827. The van der Waals surface area contributed by atoms with Gasteiger partial charge in [-0.1, -0.05) is 32.1 Å². The lowest BCUT2D eigenvalue weighted by atomic mass is 9.94. The fourth-order valence-electron chi connectivity index (χ4n) is 3.69. The van der Waals surface area contributed by atoms with E-state index in [0.717, 1.165) is 32.0 Å². The van der Waals surface area contributed by atoms with E-state index < -0.39 is 5.60 Å². The molecule has 2 saturated carbocycles. The van der Waals surface area contributed by atoms with Crippen molar-refractivity contribution < 1.29 is 5.11 Å². The summed E-state index contributed by atoms with van der Waals surface area (Å²) >= 11 is 0. The standard InChI is InChI=1S/C16H32N2O/c1-18(15-8-3-2-4-9-15)13-7-12-17-14-16(19)10-5-6-11-16/h15,17,19H,2-14H2,1H3. The van der Waals surface area contributed by atoms with E-state index >= 15 is 0 Å². The van der Waals surface area contributed by atoms with Crippen molar-refractivity contribution in [3.63, 3.8) is 0 Å². The molecular weight excluding hydrogens is 236 g/mol. The van der Waals surface area contributed by atoms with E-state index in [-0.39, 0.29) is 0 Å². The summed E-state index contributed by atoms with van der Waals surface area (Å²) in [6.45, 7) is 3.02. The van der Waals surface area contributed by atoms with Crippen molar-refractivity contribution in [2.75, 3.05) is 26.7 Å². The zero-order valence-electron chi connectivity index (χ0n) is 12.7. The molecule has 0 heterocycles. The van der Waals surface area contributed by atoms with Crippen LogP contribution >= 0.6 is 0 Å². The zero-order chi connectivity index (χ0) is 13.6. The highest BCUT2D eigenvalue weighted by atomic mass is 16.3. The Labute approximate surface area is 118 Å². The average Bonchev–Trinajstić information content (AvgIpc) is 2.86. The van der Waals surface area contributed by atoms with Gasteiger partial charge in [-0.05, 0) is 52.2 Å². The van der Waals surface area contributed by atoms with Crippen LogP contribution in [0.1, 0.15) is 64.2 Å². The quantitative estimate of drug-likeness (QED) is 0.697. The van der Waals surface area contributed by atoms with Gasteiger partial charge < -0.3 is 15.3 Å². The van der Waals surface area contributed by atoms with Crippen molar-refractivity contribution in [1.82, 2.24) is 10.2 Å². The summed E-state index contributed by atoms with van der Waals surface area (Å²) in [6.07, 6.45) is 12.6. The van der Waals surface area contributed by atoms with E-state index in [2.05, 4.69) is 17.3 Å². The van der Waals surface area contributed by atoms with Crippen LogP contribution in [0.5, 0.6) is 0 Å². The van der Waals surface area contributed by atoms with Gasteiger partial charge in [0.25, 0.3) is 0 Å². The smallest absolute Gasteiger partial charge is 0.0771 e. The fourth-order valence-corrected chi connectivity index (χ4v) is 3.69. The van der Waals surface area contributed by atoms with Crippen LogP contribution in [-0.2, 0) is 0 Å². The highest BCUT2D eigenvalue weighted by molar-refractivity contribution is 4.86. The molecule has 2 aliphatic carbocycles. The lowest BCUT2D eigenvalue weighted by Gasteiger charge is -2.31. The summed E-state index contributed by atoms with van der Waals surface area (Å²) in [7, 11) is 2.28. The predicted octanol–water partition coefficient (Wildman–Crippen LogP) is 2.54. The van der Waals surface area contributed by atoms with E-state index in [4.69, 9.17) is 0 Å². The Balaban J connectivity index is 1.51. The molecular formula is C16H32N2O. The highest BCUT2D eigenvalue weighted by Crippen LogP contribution is 2.28. The van der Waals surface area contributed by atoms with E-state index in [9.17, 15) is 5.11 Å². The van der Waals surface area contributed by atoms with Crippen LogP contribution in [0.25, 0.3) is 0 Å². The van der Waals surface area contributed by atoms with Crippen molar-refractivity contribution in [3.05, 3.63) is 0 Å². The molecule has 3 nitrogen and oxygen atoms in total. The minimum atomic E-state index is -0.394. The van der Waals surface area contributed by atoms with Crippen LogP contribution in [0.15, 0.2) is 0 Å². The maximum atomic E-state index is 10.2. The molecule has 112 valence electrons. The molecule has 0 aromatic rings. The summed E-state index contributed by atoms with van der Waals surface area (Å²) in [5, 5.41) is 13.7. The van der Waals surface area contributed by atoms with Gasteiger partial charge >= 0.3 is 0 Å². The molecule has 2 N–H and O–H groups in total. The molecule has 19 heavy (non-hydrogen) atoms.